The molecule has 6 heteroatoms. The molecule has 4 nitrogen and oxygen atoms in total. The normalized spacial score (nSPS) is 10.6. The zero-order chi connectivity index (χ0) is 18.4. The SMILES string of the molecule is CCC(=O)Oc1cccc(OC)c1COc1cc(C)ccc1C(F)F. The number of esters is 1. The Hall–Kier alpha value is -2.63. The van der Waals surface area contributed by atoms with Gasteiger partial charge in [-0.05, 0) is 36.8 Å². The summed E-state index contributed by atoms with van der Waals surface area (Å²) >= 11 is 0. The maximum Gasteiger partial charge on any atom is 0.310 e. The molecule has 0 bridgehead atoms. The third-order valence-electron chi connectivity index (χ3n) is 3.60. The lowest BCUT2D eigenvalue weighted by Crippen LogP contribution is -2.10. The van der Waals surface area contributed by atoms with Crippen LogP contribution in [0.1, 0.15) is 36.5 Å². The van der Waals surface area contributed by atoms with Crippen molar-refractivity contribution in [3.8, 4) is 17.2 Å². The average molecular weight is 350 g/mol. The van der Waals surface area contributed by atoms with Crippen molar-refractivity contribution >= 4 is 5.97 Å². The Morgan fingerprint density at radius 1 is 1.12 bits per heavy atom. The van der Waals surface area contributed by atoms with Crippen molar-refractivity contribution < 1.29 is 27.8 Å². The second-order valence-corrected chi connectivity index (χ2v) is 5.40. The van der Waals surface area contributed by atoms with Crippen LogP contribution in [0.4, 0.5) is 8.78 Å². The summed E-state index contributed by atoms with van der Waals surface area (Å²) in [5, 5.41) is 0. The number of carbonyl (C=O) groups is 1. The number of benzene rings is 2. The standard InChI is InChI=1S/C19H20F2O4/c1-4-18(22)25-16-7-5-6-15(23-3)14(16)11-24-17-10-12(2)8-9-13(17)19(20)21/h5-10,19H,4,11H2,1-3H3. The molecule has 2 rings (SSSR count). The van der Waals surface area contributed by atoms with Gasteiger partial charge in [0, 0.05) is 6.42 Å². The van der Waals surface area contributed by atoms with Crippen LogP contribution >= 0.6 is 0 Å². The number of aryl methyl sites for hydroxylation is 1. The number of hydrogen-bond donors (Lipinski definition) is 0. The molecule has 2 aromatic rings. The summed E-state index contributed by atoms with van der Waals surface area (Å²) in [4.78, 5) is 11.6. The molecule has 0 saturated heterocycles. The van der Waals surface area contributed by atoms with Gasteiger partial charge >= 0.3 is 5.97 Å². The highest BCUT2D eigenvalue weighted by Crippen LogP contribution is 2.33. The van der Waals surface area contributed by atoms with Gasteiger partial charge in [0.2, 0.25) is 0 Å². The maximum absolute atomic E-state index is 13.2. The Morgan fingerprint density at radius 3 is 2.48 bits per heavy atom. The van der Waals surface area contributed by atoms with Crippen molar-refractivity contribution in [3.63, 3.8) is 0 Å². The molecular weight excluding hydrogens is 330 g/mol. The minimum atomic E-state index is -2.65. The highest BCUT2D eigenvalue weighted by Gasteiger charge is 2.17. The fourth-order valence-electron chi connectivity index (χ4n) is 2.27. The molecule has 25 heavy (non-hydrogen) atoms. The predicted octanol–water partition coefficient (Wildman–Crippen LogP) is 4.84. The predicted molar refractivity (Wildman–Crippen MR) is 89.4 cm³/mol. The largest absolute Gasteiger partial charge is 0.496 e. The van der Waals surface area contributed by atoms with Crippen LogP contribution in [0.15, 0.2) is 36.4 Å². The van der Waals surface area contributed by atoms with Gasteiger partial charge in [0.25, 0.3) is 6.43 Å². The van der Waals surface area contributed by atoms with E-state index in [0.29, 0.717) is 11.3 Å². The van der Waals surface area contributed by atoms with Gasteiger partial charge in [-0.15, -0.1) is 0 Å². The quantitative estimate of drug-likeness (QED) is 0.530. The average Bonchev–Trinajstić information content (AvgIpc) is 2.59. The van der Waals surface area contributed by atoms with Gasteiger partial charge in [-0.1, -0.05) is 19.1 Å². The Bertz CT molecular complexity index is 744. The minimum absolute atomic E-state index is 0.0699. The monoisotopic (exact) mass is 350 g/mol. The molecule has 0 aliphatic heterocycles. The third kappa shape index (κ3) is 4.68. The lowest BCUT2D eigenvalue weighted by molar-refractivity contribution is -0.134. The fourth-order valence-corrected chi connectivity index (χ4v) is 2.27. The van der Waals surface area contributed by atoms with E-state index in [4.69, 9.17) is 14.2 Å². The summed E-state index contributed by atoms with van der Waals surface area (Å²) in [5.74, 6) is 0.428. The molecule has 0 atom stereocenters. The van der Waals surface area contributed by atoms with Gasteiger partial charge < -0.3 is 14.2 Å². The molecule has 0 fully saturated rings. The number of methoxy groups -OCH3 is 1. The van der Waals surface area contributed by atoms with Gasteiger partial charge in [-0.3, -0.25) is 4.79 Å². The molecule has 0 unspecified atom stereocenters. The van der Waals surface area contributed by atoms with Crippen LogP contribution in [0, 0.1) is 6.92 Å². The highest BCUT2D eigenvalue weighted by molar-refractivity contribution is 5.72. The van der Waals surface area contributed by atoms with Crippen molar-refractivity contribution in [1.82, 2.24) is 0 Å². The molecule has 0 radical (unpaired) electrons. The Kier molecular flexibility index (Phi) is 6.33. The lowest BCUT2D eigenvalue weighted by atomic mass is 10.1. The van der Waals surface area contributed by atoms with Gasteiger partial charge in [0.15, 0.2) is 0 Å². The zero-order valence-electron chi connectivity index (χ0n) is 14.3. The number of ether oxygens (including phenoxy) is 3. The zero-order valence-corrected chi connectivity index (χ0v) is 14.3. The van der Waals surface area contributed by atoms with Crippen LogP contribution in [0.2, 0.25) is 0 Å². The van der Waals surface area contributed by atoms with Crippen molar-refractivity contribution in [2.24, 2.45) is 0 Å². The minimum Gasteiger partial charge on any atom is -0.496 e. The van der Waals surface area contributed by atoms with Crippen molar-refractivity contribution in [2.75, 3.05) is 7.11 Å². The summed E-state index contributed by atoms with van der Waals surface area (Å²) < 4.78 is 42.5. The molecular formula is C19H20F2O4. The number of rotatable bonds is 7. The Labute approximate surface area is 145 Å². The molecule has 0 heterocycles. The van der Waals surface area contributed by atoms with E-state index in [1.807, 2.05) is 0 Å². The molecule has 0 spiro atoms. The van der Waals surface area contributed by atoms with Gasteiger partial charge in [-0.2, -0.15) is 0 Å². The molecule has 0 saturated carbocycles. The van der Waals surface area contributed by atoms with Crippen molar-refractivity contribution in [3.05, 3.63) is 53.1 Å². The van der Waals surface area contributed by atoms with Gasteiger partial charge in [0.1, 0.15) is 23.9 Å². The first-order chi connectivity index (χ1) is 12.0. The number of hydrogen-bond acceptors (Lipinski definition) is 4. The fraction of sp³-hybridized carbons (Fsp3) is 0.316. The summed E-state index contributed by atoms with van der Waals surface area (Å²) in [7, 11) is 1.47. The molecule has 0 aliphatic carbocycles. The van der Waals surface area contributed by atoms with Crippen LogP contribution in [-0.4, -0.2) is 13.1 Å². The summed E-state index contributed by atoms with van der Waals surface area (Å²) in [6.07, 6.45) is -2.43. The topological polar surface area (TPSA) is 44.8 Å². The lowest BCUT2D eigenvalue weighted by Gasteiger charge is -2.16. The van der Waals surface area contributed by atoms with Crippen molar-refractivity contribution in [2.45, 2.75) is 33.3 Å². The summed E-state index contributed by atoms with van der Waals surface area (Å²) in [5.41, 5.74) is 1.10. The van der Waals surface area contributed by atoms with Crippen LogP contribution < -0.4 is 14.2 Å². The second-order valence-electron chi connectivity index (χ2n) is 5.40. The Balaban J connectivity index is 2.31. The molecule has 134 valence electrons. The van der Waals surface area contributed by atoms with E-state index in [1.165, 1.54) is 13.2 Å². The van der Waals surface area contributed by atoms with E-state index in [1.54, 1.807) is 44.2 Å². The van der Waals surface area contributed by atoms with E-state index in [9.17, 15) is 13.6 Å². The highest BCUT2D eigenvalue weighted by atomic mass is 19.3. The van der Waals surface area contributed by atoms with Crippen molar-refractivity contribution in [1.29, 1.82) is 0 Å². The van der Waals surface area contributed by atoms with Gasteiger partial charge in [-0.25, -0.2) is 8.78 Å². The number of halogens is 2. The molecule has 0 aromatic heterocycles. The third-order valence-corrected chi connectivity index (χ3v) is 3.60. The van der Waals surface area contributed by atoms with Gasteiger partial charge in [0.05, 0.1) is 18.2 Å². The van der Waals surface area contributed by atoms with E-state index < -0.39 is 12.4 Å². The van der Waals surface area contributed by atoms with Crippen LogP contribution in [0.25, 0.3) is 0 Å². The van der Waals surface area contributed by atoms with Crippen LogP contribution in [0.3, 0.4) is 0 Å². The number of alkyl halides is 2. The first kappa shape index (κ1) is 18.7. The summed E-state index contributed by atoms with van der Waals surface area (Å²) in [6, 6.07) is 9.47. The molecule has 2 aromatic carbocycles. The van der Waals surface area contributed by atoms with E-state index in [-0.39, 0.29) is 30.1 Å². The first-order valence-corrected chi connectivity index (χ1v) is 7.84. The summed E-state index contributed by atoms with van der Waals surface area (Å²) in [6.45, 7) is 3.40. The molecule has 0 aliphatic rings. The number of carbonyl (C=O) groups excluding carboxylic acids is 1. The molecule has 0 N–H and O–H groups in total. The smallest absolute Gasteiger partial charge is 0.310 e. The van der Waals surface area contributed by atoms with E-state index >= 15 is 0 Å². The Morgan fingerprint density at radius 2 is 1.84 bits per heavy atom. The maximum atomic E-state index is 13.2. The van der Waals surface area contributed by atoms with E-state index in [0.717, 1.165) is 5.56 Å². The first-order valence-electron chi connectivity index (χ1n) is 7.84. The van der Waals surface area contributed by atoms with Crippen LogP contribution in [-0.2, 0) is 11.4 Å². The van der Waals surface area contributed by atoms with E-state index in [2.05, 4.69) is 0 Å². The molecule has 0 amide bonds. The van der Waals surface area contributed by atoms with Crippen LogP contribution in [0.5, 0.6) is 17.2 Å². The second kappa shape index (κ2) is 8.46.